The summed E-state index contributed by atoms with van der Waals surface area (Å²) in [5.74, 6) is 0. The molecule has 0 fully saturated rings. The molecule has 0 aliphatic heterocycles. The van der Waals surface area contributed by atoms with E-state index >= 15 is 0 Å². The highest BCUT2D eigenvalue weighted by Crippen LogP contribution is 2.36. The first-order valence-corrected chi connectivity index (χ1v) is 7.11. The molecule has 0 bridgehead atoms. The van der Waals surface area contributed by atoms with Crippen LogP contribution in [0.2, 0.25) is 0 Å². The van der Waals surface area contributed by atoms with E-state index in [2.05, 4.69) is 11.1 Å². The van der Waals surface area contributed by atoms with Crippen LogP contribution >= 0.6 is 0 Å². The van der Waals surface area contributed by atoms with Gasteiger partial charge in [0, 0.05) is 12.4 Å². The quantitative estimate of drug-likeness (QED) is 0.723. The summed E-state index contributed by atoms with van der Waals surface area (Å²) in [5, 5.41) is 9.96. The van der Waals surface area contributed by atoms with Gasteiger partial charge in [-0.1, -0.05) is 42.5 Å². The first-order chi connectivity index (χ1) is 11.5. The van der Waals surface area contributed by atoms with E-state index in [1.165, 1.54) is 24.7 Å². The van der Waals surface area contributed by atoms with Crippen molar-refractivity contribution in [2.24, 2.45) is 0 Å². The van der Waals surface area contributed by atoms with Crippen molar-refractivity contribution >= 4 is 0 Å². The van der Waals surface area contributed by atoms with Crippen molar-refractivity contribution in [3.63, 3.8) is 0 Å². The Kier molecular flexibility index (Phi) is 3.86. The van der Waals surface area contributed by atoms with Crippen molar-refractivity contribution in [1.29, 1.82) is 5.26 Å². The molecule has 0 aliphatic rings. The topological polar surface area (TPSA) is 41.6 Å². The lowest BCUT2D eigenvalue weighted by atomic mass is 9.83. The highest BCUT2D eigenvalue weighted by molar-refractivity contribution is 5.47. The molecule has 6 heteroatoms. The molecule has 2 aromatic carbocycles. The van der Waals surface area contributed by atoms with Crippen molar-refractivity contribution in [3.05, 3.63) is 90.0 Å². The predicted molar refractivity (Wildman–Crippen MR) is 81.9 cm³/mol. The maximum atomic E-state index is 12.8. The van der Waals surface area contributed by atoms with Gasteiger partial charge in [-0.3, -0.25) is 0 Å². The van der Waals surface area contributed by atoms with Crippen LogP contribution in [0.25, 0.3) is 0 Å². The molecule has 24 heavy (non-hydrogen) atoms. The van der Waals surface area contributed by atoms with E-state index in [1.54, 1.807) is 35.0 Å². The van der Waals surface area contributed by atoms with E-state index in [0.29, 0.717) is 11.1 Å². The average Bonchev–Trinajstić information content (AvgIpc) is 3.12. The van der Waals surface area contributed by atoms with Gasteiger partial charge in [-0.15, -0.1) is 0 Å². The van der Waals surface area contributed by atoms with Crippen molar-refractivity contribution in [1.82, 2.24) is 9.55 Å². The number of rotatable bonds is 3. The third-order valence-electron chi connectivity index (χ3n) is 3.88. The van der Waals surface area contributed by atoms with Crippen molar-refractivity contribution in [2.45, 2.75) is 11.7 Å². The highest BCUT2D eigenvalue weighted by Gasteiger charge is 2.37. The molecule has 1 atom stereocenters. The second-order valence-electron chi connectivity index (χ2n) is 5.23. The molecular weight excluding hydrogens is 315 g/mol. The normalized spacial score (nSPS) is 13.9. The van der Waals surface area contributed by atoms with Crippen LogP contribution in [0.1, 0.15) is 16.7 Å². The molecule has 3 nitrogen and oxygen atoms in total. The Morgan fingerprint density at radius 2 is 1.46 bits per heavy atom. The Bertz CT molecular complexity index is 847. The Balaban J connectivity index is 2.22. The van der Waals surface area contributed by atoms with Crippen molar-refractivity contribution in [2.75, 3.05) is 0 Å². The molecule has 0 radical (unpaired) electrons. The van der Waals surface area contributed by atoms with Crippen LogP contribution in [0.4, 0.5) is 13.2 Å². The summed E-state index contributed by atoms with van der Waals surface area (Å²) in [6.07, 6.45) is 0.205. The summed E-state index contributed by atoms with van der Waals surface area (Å²) in [5.41, 5.74) is -0.966. The summed E-state index contributed by atoms with van der Waals surface area (Å²) in [6.45, 7) is 0. The predicted octanol–water partition coefficient (Wildman–Crippen LogP) is 4.22. The molecule has 1 aromatic heterocycles. The van der Waals surface area contributed by atoms with E-state index in [9.17, 15) is 18.4 Å². The van der Waals surface area contributed by atoms with E-state index in [-0.39, 0.29) is 0 Å². The van der Waals surface area contributed by atoms with Gasteiger partial charge in [0.2, 0.25) is 0 Å². The zero-order valence-corrected chi connectivity index (χ0v) is 12.4. The number of alkyl halides is 3. The molecular formula is C18H12F3N3. The van der Waals surface area contributed by atoms with Gasteiger partial charge < -0.3 is 4.57 Å². The summed E-state index contributed by atoms with van der Waals surface area (Å²) < 4.78 is 40.0. The van der Waals surface area contributed by atoms with Crippen LogP contribution in [0.5, 0.6) is 0 Å². The fraction of sp³-hybridized carbons (Fsp3) is 0.111. The van der Waals surface area contributed by atoms with Gasteiger partial charge in [-0.25, -0.2) is 4.98 Å². The number of hydrogen-bond acceptors (Lipinski definition) is 2. The van der Waals surface area contributed by atoms with Crippen LogP contribution in [-0.4, -0.2) is 9.55 Å². The molecule has 120 valence electrons. The van der Waals surface area contributed by atoms with Crippen LogP contribution in [-0.2, 0) is 11.7 Å². The van der Waals surface area contributed by atoms with Crippen LogP contribution in [0.15, 0.2) is 73.3 Å². The molecule has 1 unspecified atom stereocenters. The molecule has 0 spiro atoms. The van der Waals surface area contributed by atoms with Crippen LogP contribution < -0.4 is 0 Å². The molecule has 3 rings (SSSR count). The lowest BCUT2D eigenvalue weighted by Gasteiger charge is -2.29. The maximum absolute atomic E-state index is 12.8. The fourth-order valence-electron chi connectivity index (χ4n) is 2.69. The summed E-state index contributed by atoms with van der Waals surface area (Å²) >= 11 is 0. The van der Waals surface area contributed by atoms with E-state index < -0.39 is 17.3 Å². The lowest BCUT2D eigenvalue weighted by Crippen LogP contribution is -2.34. The Morgan fingerprint density at radius 3 is 1.96 bits per heavy atom. The molecule has 0 saturated carbocycles. The molecule has 0 N–H and O–H groups in total. The van der Waals surface area contributed by atoms with Crippen molar-refractivity contribution < 1.29 is 13.2 Å². The van der Waals surface area contributed by atoms with E-state index in [0.717, 1.165) is 12.1 Å². The van der Waals surface area contributed by atoms with E-state index in [1.807, 2.05) is 6.07 Å². The smallest absolute Gasteiger partial charge is 0.311 e. The van der Waals surface area contributed by atoms with Gasteiger partial charge >= 0.3 is 6.18 Å². The minimum Gasteiger partial charge on any atom is -0.311 e. The van der Waals surface area contributed by atoms with Gasteiger partial charge in [0.25, 0.3) is 0 Å². The monoisotopic (exact) mass is 327 g/mol. The Morgan fingerprint density at radius 1 is 0.875 bits per heavy atom. The number of aromatic nitrogens is 2. The number of nitriles is 1. The van der Waals surface area contributed by atoms with E-state index in [4.69, 9.17) is 0 Å². The number of nitrogens with zero attached hydrogens (tertiary/aromatic N) is 3. The number of halogens is 3. The SMILES string of the molecule is N#CC(c1ccccc1)(c1ccc(C(F)(F)F)cc1)n1ccnc1. The Labute approximate surface area is 136 Å². The minimum atomic E-state index is -4.42. The third-order valence-corrected chi connectivity index (χ3v) is 3.88. The summed E-state index contributed by atoms with van der Waals surface area (Å²) in [4.78, 5) is 3.98. The van der Waals surface area contributed by atoms with Gasteiger partial charge in [0.05, 0.1) is 11.9 Å². The number of benzene rings is 2. The fourth-order valence-corrected chi connectivity index (χ4v) is 2.69. The number of hydrogen-bond donors (Lipinski definition) is 0. The van der Waals surface area contributed by atoms with Gasteiger partial charge in [0.15, 0.2) is 5.54 Å². The third kappa shape index (κ3) is 2.54. The molecule has 0 saturated heterocycles. The number of imidazole rings is 1. The first kappa shape index (κ1) is 15.8. The zero-order valence-electron chi connectivity index (χ0n) is 12.4. The largest absolute Gasteiger partial charge is 0.416 e. The van der Waals surface area contributed by atoms with Crippen molar-refractivity contribution in [3.8, 4) is 6.07 Å². The molecule has 0 aliphatic carbocycles. The second kappa shape index (κ2) is 5.85. The van der Waals surface area contributed by atoms with Gasteiger partial charge in [0.1, 0.15) is 6.07 Å². The molecule has 0 amide bonds. The first-order valence-electron chi connectivity index (χ1n) is 7.11. The molecule has 3 aromatic rings. The summed E-state index contributed by atoms with van der Waals surface area (Å²) in [6, 6.07) is 15.8. The standard InChI is InChI=1S/C18H12F3N3/c19-18(20,21)16-8-6-15(7-9-16)17(12-22,24-11-10-23-13-24)14-4-2-1-3-5-14/h1-11,13H. The van der Waals surface area contributed by atoms with Gasteiger partial charge in [-0.2, -0.15) is 18.4 Å². The average molecular weight is 327 g/mol. The Hall–Kier alpha value is -3.07. The van der Waals surface area contributed by atoms with Crippen LogP contribution in [0.3, 0.4) is 0 Å². The minimum absolute atomic E-state index is 0.433. The maximum Gasteiger partial charge on any atom is 0.416 e. The highest BCUT2D eigenvalue weighted by atomic mass is 19.4. The van der Waals surface area contributed by atoms with Gasteiger partial charge in [-0.05, 0) is 23.3 Å². The summed E-state index contributed by atoms with van der Waals surface area (Å²) in [7, 11) is 0. The lowest BCUT2D eigenvalue weighted by molar-refractivity contribution is -0.137. The van der Waals surface area contributed by atoms with Crippen LogP contribution in [0, 0.1) is 11.3 Å². The zero-order chi connectivity index (χ0) is 17.2. The molecule has 1 heterocycles. The second-order valence-corrected chi connectivity index (χ2v) is 5.23.